The first-order valence-corrected chi connectivity index (χ1v) is 9.13. The molecule has 0 aliphatic carbocycles. The molecule has 7 nitrogen and oxygen atoms in total. The highest BCUT2D eigenvalue weighted by Crippen LogP contribution is 2.18. The first-order chi connectivity index (χ1) is 12.1. The van der Waals surface area contributed by atoms with E-state index in [1.54, 1.807) is 0 Å². The molecule has 1 atom stereocenters. The van der Waals surface area contributed by atoms with Crippen molar-refractivity contribution in [2.24, 2.45) is 5.73 Å². The maximum Gasteiger partial charge on any atom is 0.240 e. The van der Waals surface area contributed by atoms with Crippen LogP contribution >= 0.6 is 24.8 Å². The Kier molecular flexibility index (Phi) is 9.76. The lowest BCUT2D eigenvalue weighted by Crippen LogP contribution is -2.60. The van der Waals surface area contributed by atoms with Crippen molar-refractivity contribution in [1.82, 2.24) is 15.2 Å². The number of hydrogen-bond donors (Lipinski definition) is 2. The zero-order chi connectivity index (χ0) is 17.7. The predicted octanol–water partition coefficient (Wildman–Crippen LogP) is 1.06. The highest BCUT2D eigenvalue weighted by molar-refractivity contribution is 5.86. The summed E-state index contributed by atoms with van der Waals surface area (Å²) in [5, 5.41) is 3.09. The summed E-state index contributed by atoms with van der Waals surface area (Å²) in [6.07, 6.45) is 3.01. The minimum atomic E-state index is -0.774. The molecular formula is C18H31Cl2N5O2. The Hall–Kier alpha value is -1.12. The summed E-state index contributed by atoms with van der Waals surface area (Å²) in [5.74, 6) is 0.989. The average molecular weight is 420 g/mol. The van der Waals surface area contributed by atoms with Crippen LogP contribution in [0.5, 0.6) is 0 Å². The van der Waals surface area contributed by atoms with E-state index in [1.807, 2.05) is 31.3 Å². The molecule has 0 bridgehead atoms. The van der Waals surface area contributed by atoms with E-state index < -0.39 is 5.54 Å². The SMILES string of the molecule is CC(CN1CCN(c2ccccn2)CC1)NC(=O)C1(N)CCOCC1.Cl.Cl. The molecule has 3 rings (SSSR count). The maximum absolute atomic E-state index is 12.5. The number of anilines is 1. The fourth-order valence-electron chi connectivity index (χ4n) is 3.46. The number of carbonyl (C=O) groups is 1. The number of rotatable bonds is 5. The third-order valence-corrected chi connectivity index (χ3v) is 5.09. The molecule has 1 aromatic heterocycles. The monoisotopic (exact) mass is 419 g/mol. The molecule has 2 aliphatic heterocycles. The highest BCUT2D eigenvalue weighted by Gasteiger charge is 2.36. The van der Waals surface area contributed by atoms with Gasteiger partial charge in [0.15, 0.2) is 0 Å². The second-order valence-electron chi connectivity index (χ2n) is 7.12. The largest absolute Gasteiger partial charge is 0.381 e. The van der Waals surface area contributed by atoms with E-state index in [-0.39, 0.29) is 36.8 Å². The molecule has 1 amide bonds. The fraction of sp³-hybridized carbons (Fsp3) is 0.667. The number of nitrogens with zero attached hydrogens (tertiary/aromatic N) is 3. The molecule has 2 saturated heterocycles. The number of ether oxygens (including phenoxy) is 1. The first kappa shape index (κ1) is 23.9. The van der Waals surface area contributed by atoms with Crippen molar-refractivity contribution < 1.29 is 9.53 Å². The van der Waals surface area contributed by atoms with Crippen molar-refractivity contribution in [3.8, 4) is 0 Å². The van der Waals surface area contributed by atoms with Gasteiger partial charge in [0.1, 0.15) is 5.82 Å². The van der Waals surface area contributed by atoms with E-state index in [2.05, 4.69) is 20.1 Å². The molecule has 0 aromatic carbocycles. The molecule has 0 saturated carbocycles. The van der Waals surface area contributed by atoms with Crippen LogP contribution in [0.3, 0.4) is 0 Å². The van der Waals surface area contributed by atoms with Crippen molar-refractivity contribution in [3.05, 3.63) is 24.4 Å². The molecule has 3 N–H and O–H groups in total. The highest BCUT2D eigenvalue weighted by atomic mass is 35.5. The van der Waals surface area contributed by atoms with Gasteiger partial charge in [-0.05, 0) is 31.9 Å². The minimum Gasteiger partial charge on any atom is -0.381 e. The van der Waals surface area contributed by atoms with Crippen LogP contribution in [-0.2, 0) is 9.53 Å². The molecule has 0 spiro atoms. The van der Waals surface area contributed by atoms with Gasteiger partial charge in [0.05, 0.1) is 5.54 Å². The van der Waals surface area contributed by atoms with Gasteiger partial charge in [0.25, 0.3) is 0 Å². The van der Waals surface area contributed by atoms with Gasteiger partial charge in [-0.25, -0.2) is 4.98 Å². The van der Waals surface area contributed by atoms with Crippen LogP contribution in [0.2, 0.25) is 0 Å². The first-order valence-electron chi connectivity index (χ1n) is 9.13. The second-order valence-corrected chi connectivity index (χ2v) is 7.12. The van der Waals surface area contributed by atoms with E-state index in [4.69, 9.17) is 10.5 Å². The standard InChI is InChI=1S/C18H29N5O2.2ClH/c1-15(21-17(24)18(19)5-12-25-13-6-18)14-22-8-10-23(11-9-22)16-4-2-3-7-20-16;;/h2-4,7,15H,5-6,8-14,19H2,1H3,(H,21,24);2*1H. The van der Waals surface area contributed by atoms with Crippen molar-refractivity contribution in [1.29, 1.82) is 0 Å². The number of aromatic nitrogens is 1. The summed E-state index contributed by atoms with van der Waals surface area (Å²) in [6.45, 7) is 7.87. The zero-order valence-electron chi connectivity index (χ0n) is 15.8. The lowest BCUT2D eigenvalue weighted by atomic mass is 9.90. The molecule has 2 aliphatic rings. The number of hydrogen-bond acceptors (Lipinski definition) is 6. The Labute approximate surface area is 173 Å². The van der Waals surface area contributed by atoms with Crippen LogP contribution < -0.4 is 16.0 Å². The molecular weight excluding hydrogens is 389 g/mol. The van der Waals surface area contributed by atoms with E-state index in [1.165, 1.54) is 0 Å². The van der Waals surface area contributed by atoms with Gasteiger partial charge in [-0.2, -0.15) is 0 Å². The lowest BCUT2D eigenvalue weighted by Gasteiger charge is -2.37. The molecule has 1 unspecified atom stereocenters. The Morgan fingerprint density at radius 1 is 1.26 bits per heavy atom. The summed E-state index contributed by atoms with van der Waals surface area (Å²) in [7, 11) is 0. The molecule has 0 radical (unpaired) electrons. The van der Waals surface area contributed by atoms with E-state index in [0.717, 1.165) is 38.5 Å². The molecule has 3 heterocycles. The number of carbonyl (C=O) groups excluding carboxylic acids is 1. The Balaban J connectivity index is 0.00000182. The fourth-order valence-corrected chi connectivity index (χ4v) is 3.46. The quantitative estimate of drug-likeness (QED) is 0.741. The number of piperazine rings is 1. The number of nitrogens with two attached hydrogens (primary N) is 1. The smallest absolute Gasteiger partial charge is 0.240 e. The minimum absolute atomic E-state index is 0. The van der Waals surface area contributed by atoms with Crippen LogP contribution in [0.25, 0.3) is 0 Å². The third kappa shape index (κ3) is 6.47. The summed E-state index contributed by atoms with van der Waals surface area (Å²) in [5.41, 5.74) is 5.47. The average Bonchev–Trinajstić information content (AvgIpc) is 2.63. The lowest BCUT2D eigenvalue weighted by molar-refractivity contribution is -0.130. The van der Waals surface area contributed by atoms with E-state index in [0.29, 0.717) is 26.1 Å². The van der Waals surface area contributed by atoms with E-state index >= 15 is 0 Å². The summed E-state index contributed by atoms with van der Waals surface area (Å²) in [6, 6.07) is 6.09. The number of amides is 1. The molecule has 27 heavy (non-hydrogen) atoms. The van der Waals surface area contributed by atoms with Crippen LogP contribution in [0.15, 0.2) is 24.4 Å². The maximum atomic E-state index is 12.5. The van der Waals surface area contributed by atoms with Crippen LogP contribution in [0.1, 0.15) is 19.8 Å². The van der Waals surface area contributed by atoms with E-state index in [9.17, 15) is 4.79 Å². The molecule has 9 heteroatoms. The summed E-state index contributed by atoms with van der Waals surface area (Å²) in [4.78, 5) is 21.6. The van der Waals surface area contributed by atoms with Gasteiger partial charge in [-0.3, -0.25) is 9.69 Å². The van der Waals surface area contributed by atoms with Crippen molar-refractivity contribution in [2.75, 3.05) is 50.8 Å². The van der Waals surface area contributed by atoms with Gasteiger partial charge in [-0.1, -0.05) is 6.07 Å². The molecule has 2 fully saturated rings. The Morgan fingerprint density at radius 3 is 2.52 bits per heavy atom. The zero-order valence-corrected chi connectivity index (χ0v) is 17.4. The van der Waals surface area contributed by atoms with Crippen LogP contribution in [0.4, 0.5) is 5.82 Å². The van der Waals surface area contributed by atoms with Crippen LogP contribution in [0, 0.1) is 0 Å². The summed E-state index contributed by atoms with van der Waals surface area (Å²) < 4.78 is 5.31. The predicted molar refractivity (Wildman–Crippen MR) is 112 cm³/mol. The van der Waals surface area contributed by atoms with Gasteiger partial charge in [0.2, 0.25) is 5.91 Å². The van der Waals surface area contributed by atoms with Crippen molar-refractivity contribution >= 4 is 36.5 Å². The molecule has 1 aromatic rings. The van der Waals surface area contributed by atoms with Gasteiger partial charge < -0.3 is 20.7 Å². The number of nitrogens with one attached hydrogen (secondary N) is 1. The van der Waals surface area contributed by atoms with Crippen molar-refractivity contribution in [3.63, 3.8) is 0 Å². The molecule has 154 valence electrons. The van der Waals surface area contributed by atoms with Gasteiger partial charge in [0, 0.05) is 58.2 Å². The van der Waals surface area contributed by atoms with Gasteiger partial charge in [-0.15, -0.1) is 24.8 Å². The Bertz CT molecular complexity index is 564. The topological polar surface area (TPSA) is 83.7 Å². The normalized spacial score (nSPS) is 20.7. The second kappa shape index (κ2) is 11.0. The Morgan fingerprint density at radius 2 is 1.93 bits per heavy atom. The van der Waals surface area contributed by atoms with Crippen LogP contribution in [-0.4, -0.2) is 73.3 Å². The third-order valence-electron chi connectivity index (χ3n) is 5.09. The van der Waals surface area contributed by atoms with Gasteiger partial charge >= 0.3 is 0 Å². The summed E-state index contributed by atoms with van der Waals surface area (Å²) >= 11 is 0. The van der Waals surface area contributed by atoms with Crippen molar-refractivity contribution in [2.45, 2.75) is 31.3 Å². The number of halogens is 2. The number of pyridine rings is 1.